The van der Waals surface area contributed by atoms with Gasteiger partial charge in [-0.05, 0) is 48.6 Å². The van der Waals surface area contributed by atoms with E-state index in [9.17, 15) is 14.7 Å². The van der Waals surface area contributed by atoms with Gasteiger partial charge in [-0.25, -0.2) is 4.79 Å². The number of benzene rings is 2. The molecule has 8 heteroatoms. The summed E-state index contributed by atoms with van der Waals surface area (Å²) in [4.78, 5) is 26.8. The number of aliphatic carboxylic acids is 1. The molecule has 2 aromatic carbocycles. The highest BCUT2D eigenvalue weighted by molar-refractivity contribution is 14.1. The molecule has 1 heterocycles. The second-order valence-electron chi connectivity index (χ2n) is 8.05. The fourth-order valence-corrected chi connectivity index (χ4v) is 4.48. The summed E-state index contributed by atoms with van der Waals surface area (Å²) >= 11 is 1.84. The van der Waals surface area contributed by atoms with Gasteiger partial charge in [-0.2, -0.15) is 5.10 Å². The van der Waals surface area contributed by atoms with E-state index in [0.717, 1.165) is 36.1 Å². The first-order chi connectivity index (χ1) is 16.0. The van der Waals surface area contributed by atoms with Crippen LogP contribution in [0.3, 0.4) is 0 Å². The van der Waals surface area contributed by atoms with Crippen molar-refractivity contribution in [3.05, 3.63) is 71.3 Å². The van der Waals surface area contributed by atoms with Crippen molar-refractivity contribution >= 4 is 41.1 Å². The van der Waals surface area contributed by atoms with Crippen LogP contribution in [0.15, 0.2) is 59.7 Å². The zero-order chi connectivity index (χ0) is 23.6. The maximum atomic E-state index is 12.8. The molecule has 1 aliphatic heterocycles. The van der Waals surface area contributed by atoms with Crippen molar-refractivity contribution in [2.75, 3.05) is 13.1 Å². The van der Waals surface area contributed by atoms with E-state index in [2.05, 4.69) is 16.9 Å². The lowest BCUT2D eigenvalue weighted by Gasteiger charge is -2.32. The molecule has 3 N–H and O–H groups in total. The van der Waals surface area contributed by atoms with Crippen molar-refractivity contribution < 1.29 is 14.7 Å². The standard InChI is InChI=1S/C25H27IN4O3/c26-30(24(31)16-22-7-4-14-29(17-22)18-28-27)23(25(32)33)15-21-12-10-20(11-13-21)9-8-19-5-2-1-3-6-19/h1-3,5-6,10-13,18,22-23H,4,7,14-17,27H2,(H,32,33). The van der Waals surface area contributed by atoms with Crippen LogP contribution in [-0.4, -0.2) is 50.5 Å². The predicted octanol–water partition coefficient (Wildman–Crippen LogP) is 3.26. The number of amides is 1. The minimum Gasteiger partial charge on any atom is -0.480 e. The minimum atomic E-state index is -1.02. The molecule has 2 aromatic rings. The maximum Gasteiger partial charge on any atom is 0.327 e. The number of carbonyl (C=O) groups excluding carboxylic acids is 1. The molecular weight excluding hydrogens is 531 g/mol. The molecule has 3 rings (SSSR count). The second-order valence-corrected chi connectivity index (χ2v) is 9.09. The normalized spacial score (nSPS) is 16.6. The molecule has 2 unspecified atom stereocenters. The van der Waals surface area contributed by atoms with Crippen LogP contribution in [0.2, 0.25) is 0 Å². The Morgan fingerprint density at radius 1 is 1.18 bits per heavy atom. The Morgan fingerprint density at radius 3 is 2.48 bits per heavy atom. The molecule has 33 heavy (non-hydrogen) atoms. The third-order valence-electron chi connectivity index (χ3n) is 5.55. The number of halogens is 1. The molecule has 1 amide bonds. The van der Waals surface area contributed by atoms with Crippen molar-refractivity contribution in [2.24, 2.45) is 16.9 Å². The van der Waals surface area contributed by atoms with Crippen LogP contribution >= 0.6 is 22.9 Å². The van der Waals surface area contributed by atoms with Gasteiger partial charge in [-0.3, -0.25) is 7.91 Å². The Bertz CT molecular complexity index is 1030. The number of nitrogens with zero attached hydrogens (tertiary/aromatic N) is 3. The van der Waals surface area contributed by atoms with Gasteiger partial charge in [-0.1, -0.05) is 42.2 Å². The Labute approximate surface area is 208 Å². The van der Waals surface area contributed by atoms with Gasteiger partial charge in [0.1, 0.15) is 12.4 Å². The zero-order valence-electron chi connectivity index (χ0n) is 18.2. The first kappa shape index (κ1) is 24.6. The van der Waals surface area contributed by atoms with E-state index >= 15 is 0 Å². The van der Waals surface area contributed by atoms with E-state index in [0.29, 0.717) is 13.0 Å². The van der Waals surface area contributed by atoms with Gasteiger partial charge in [0.15, 0.2) is 0 Å². The van der Waals surface area contributed by atoms with Crippen molar-refractivity contribution in [1.29, 1.82) is 0 Å². The first-order valence-corrected chi connectivity index (χ1v) is 11.8. The third-order valence-corrected chi connectivity index (χ3v) is 6.76. The number of hydrazone groups is 1. The number of nitrogens with two attached hydrogens (primary N) is 1. The average molecular weight is 558 g/mol. The molecule has 0 bridgehead atoms. The van der Waals surface area contributed by atoms with Crippen LogP contribution in [0.5, 0.6) is 0 Å². The summed E-state index contributed by atoms with van der Waals surface area (Å²) in [5.74, 6) is 10.4. The molecule has 0 radical (unpaired) electrons. The quantitative estimate of drug-likeness (QED) is 0.103. The Hall–Kier alpha value is -3.06. The molecule has 7 nitrogen and oxygen atoms in total. The van der Waals surface area contributed by atoms with E-state index in [1.807, 2.05) is 82.4 Å². The van der Waals surface area contributed by atoms with Gasteiger partial charge >= 0.3 is 5.97 Å². The van der Waals surface area contributed by atoms with Gasteiger partial charge in [0, 0.05) is 37.1 Å². The second kappa shape index (κ2) is 12.3. The molecule has 0 aliphatic carbocycles. The van der Waals surface area contributed by atoms with E-state index in [4.69, 9.17) is 5.84 Å². The number of rotatable bonds is 7. The van der Waals surface area contributed by atoms with Crippen LogP contribution in [0.4, 0.5) is 0 Å². The smallest absolute Gasteiger partial charge is 0.327 e. The fourth-order valence-electron chi connectivity index (χ4n) is 3.85. The summed E-state index contributed by atoms with van der Waals surface area (Å²) in [6, 6.07) is 16.3. The number of carboxylic acids is 1. The lowest BCUT2D eigenvalue weighted by Crippen LogP contribution is -2.42. The van der Waals surface area contributed by atoms with Gasteiger partial charge < -0.3 is 15.8 Å². The van der Waals surface area contributed by atoms with Crippen LogP contribution < -0.4 is 5.84 Å². The maximum absolute atomic E-state index is 12.8. The number of hydrogen-bond acceptors (Lipinski definition) is 4. The molecule has 172 valence electrons. The molecular formula is C25H27IN4O3. The summed E-state index contributed by atoms with van der Waals surface area (Å²) in [6.45, 7) is 1.56. The third kappa shape index (κ3) is 7.49. The van der Waals surface area contributed by atoms with Crippen LogP contribution in [0.1, 0.15) is 36.0 Å². The number of hydrogen-bond donors (Lipinski definition) is 2. The van der Waals surface area contributed by atoms with Gasteiger partial charge in [0.2, 0.25) is 5.91 Å². The molecule has 1 aliphatic rings. The number of likely N-dealkylation sites (tertiary alicyclic amines) is 1. The molecule has 0 aromatic heterocycles. The molecule has 0 saturated carbocycles. The Balaban J connectivity index is 1.61. The fraction of sp³-hybridized carbons (Fsp3) is 0.320. The molecule has 1 saturated heterocycles. The summed E-state index contributed by atoms with van der Waals surface area (Å²) in [7, 11) is 0. The highest BCUT2D eigenvalue weighted by Crippen LogP contribution is 2.23. The SMILES string of the molecule is NN=CN1CCCC(CC(=O)N(I)C(Cc2ccc(C#Cc3ccccc3)cc2)C(=O)O)C1. The van der Waals surface area contributed by atoms with Crippen LogP contribution in [0, 0.1) is 17.8 Å². The monoisotopic (exact) mass is 558 g/mol. The number of piperidine rings is 1. The molecule has 1 fully saturated rings. The van der Waals surface area contributed by atoms with Gasteiger partial charge in [0.05, 0.1) is 22.9 Å². The molecule has 2 atom stereocenters. The largest absolute Gasteiger partial charge is 0.480 e. The van der Waals surface area contributed by atoms with Crippen LogP contribution in [-0.2, 0) is 16.0 Å². The highest BCUT2D eigenvalue weighted by Gasteiger charge is 2.30. The first-order valence-electron chi connectivity index (χ1n) is 10.8. The molecule has 0 spiro atoms. The number of carboxylic acid groups (broad SMARTS) is 1. The zero-order valence-corrected chi connectivity index (χ0v) is 20.4. The lowest BCUT2D eigenvalue weighted by atomic mass is 9.94. The van der Waals surface area contributed by atoms with E-state index < -0.39 is 12.0 Å². The summed E-state index contributed by atoms with van der Waals surface area (Å²) in [5.41, 5.74) is 2.62. The highest BCUT2D eigenvalue weighted by atomic mass is 127. The van der Waals surface area contributed by atoms with Crippen molar-refractivity contribution in [3.8, 4) is 11.8 Å². The Morgan fingerprint density at radius 2 is 1.85 bits per heavy atom. The van der Waals surface area contributed by atoms with E-state index in [-0.39, 0.29) is 18.2 Å². The summed E-state index contributed by atoms with van der Waals surface area (Å²) < 4.78 is 1.33. The van der Waals surface area contributed by atoms with Crippen molar-refractivity contribution in [2.45, 2.75) is 31.7 Å². The van der Waals surface area contributed by atoms with Crippen molar-refractivity contribution in [1.82, 2.24) is 8.01 Å². The topological polar surface area (TPSA) is 99.2 Å². The van der Waals surface area contributed by atoms with Gasteiger partial charge in [-0.15, -0.1) is 0 Å². The lowest BCUT2D eigenvalue weighted by molar-refractivity contribution is -0.145. The summed E-state index contributed by atoms with van der Waals surface area (Å²) in [5, 5.41) is 13.3. The van der Waals surface area contributed by atoms with Crippen molar-refractivity contribution in [3.63, 3.8) is 0 Å². The number of carbonyl (C=O) groups is 2. The minimum absolute atomic E-state index is 0.151. The Kier molecular flexibility index (Phi) is 9.13. The van der Waals surface area contributed by atoms with E-state index in [1.54, 1.807) is 6.34 Å². The average Bonchev–Trinajstić information content (AvgIpc) is 2.82. The van der Waals surface area contributed by atoms with E-state index in [1.165, 1.54) is 3.11 Å². The van der Waals surface area contributed by atoms with Crippen LogP contribution in [0.25, 0.3) is 0 Å². The predicted molar refractivity (Wildman–Crippen MR) is 136 cm³/mol. The summed E-state index contributed by atoms with van der Waals surface area (Å²) in [6.07, 6.45) is 4.00. The van der Waals surface area contributed by atoms with Gasteiger partial charge in [0.25, 0.3) is 0 Å².